The van der Waals surface area contributed by atoms with Crippen LogP contribution in [0.15, 0.2) is 35.3 Å². The van der Waals surface area contributed by atoms with Gasteiger partial charge in [0.15, 0.2) is 5.54 Å². The molecule has 1 aromatic carbocycles. The first-order valence-corrected chi connectivity index (χ1v) is 5.90. The molecule has 0 radical (unpaired) electrons. The molecule has 1 aliphatic rings. The standard InChI is InChI=1S/C14H15N3O/c1-10(11-6-4-3-5-7-11)12-16-13(18)14(2,17-12)8-9-15/h3-7,10H,8H2,1-2H3,(H,16,17,18). The molecule has 0 saturated carbocycles. The molecule has 18 heavy (non-hydrogen) atoms. The van der Waals surface area contributed by atoms with Gasteiger partial charge in [-0.05, 0) is 12.5 Å². The molecule has 0 aliphatic carbocycles. The van der Waals surface area contributed by atoms with Crippen molar-refractivity contribution >= 4 is 11.7 Å². The predicted molar refractivity (Wildman–Crippen MR) is 69.1 cm³/mol. The maximum Gasteiger partial charge on any atom is 0.254 e. The lowest BCUT2D eigenvalue weighted by Gasteiger charge is -2.11. The average molecular weight is 241 g/mol. The number of rotatable bonds is 3. The van der Waals surface area contributed by atoms with E-state index in [4.69, 9.17) is 5.26 Å². The molecule has 2 unspecified atom stereocenters. The van der Waals surface area contributed by atoms with Crippen LogP contribution < -0.4 is 5.32 Å². The largest absolute Gasteiger partial charge is 0.312 e. The molecule has 0 aromatic heterocycles. The van der Waals surface area contributed by atoms with Crippen LogP contribution in [0.4, 0.5) is 0 Å². The van der Waals surface area contributed by atoms with Crippen LogP contribution in [0.25, 0.3) is 0 Å². The van der Waals surface area contributed by atoms with Crippen LogP contribution in [0.5, 0.6) is 0 Å². The van der Waals surface area contributed by atoms with Gasteiger partial charge in [-0.2, -0.15) is 5.26 Å². The molecule has 1 aromatic rings. The van der Waals surface area contributed by atoms with Gasteiger partial charge in [0, 0.05) is 5.92 Å². The van der Waals surface area contributed by atoms with Crippen molar-refractivity contribution in [2.75, 3.05) is 0 Å². The van der Waals surface area contributed by atoms with Crippen molar-refractivity contribution in [1.82, 2.24) is 5.32 Å². The van der Waals surface area contributed by atoms with Crippen molar-refractivity contribution in [3.05, 3.63) is 35.9 Å². The summed E-state index contributed by atoms with van der Waals surface area (Å²) >= 11 is 0. The van der Waals surface area contributed by atoms with E-state index in [0.29, 0.717) is 5.84 Å². The third-order valence-electron chi connectivity index (χ3n) is 3.23. The molecule has 1 aliphatic heterocycles. The Labute approximate surface area is 106 Å². The summed E-state index contributed by atoms with van der Waals surface area (Å²) in [5, 5.41) is 11.5. The van der Waals surface area contributed by atoms with Crippen molar-refractivity contribution in [2.45, 2.75) is 31.7 Å². The molecule has 1 amide bonds. The normalized spacial score (nSPS) is 24.1. The molecule has 2 rings (SSSR count). The van der Waals surface area contributed by atoms with Crippen LogP contribution >= 0.6 is 0 Å². The van der Waals surface area contributed by atoms with E-state index in [-0.39, 0.29) is 18.2 Å². The monoisotopic (exact) mass is 241 g/mol. The third kappa shape index (κ3) is 2.12. The summed E-state index contributed by atoms with van der Waals surface area (Å²) < 4.78 is 0. The van der Waals surface area contributed by atoms with Gasteiger partial charge in [-0.15, -0.1) is 0 Å². The number of amides is 1. The van der Waals surface area contributed by atoms with Gasteiger partial charge in [0.1, 0.15) is 5.84 Å². The van der Waals surface area contributed by atoms with Crippen molar-refractivity contribution in [1.29, 1.82) is 5.26 Å². The Hall–Kier alpha value is -2.15. The van der Waals surface area contributed by atoms with Gasteiger partial charge >= 0.3 is 0 Å². The summed E-state index contributed by atoms with van der Waals surface area (Å²) in [6, 6.07) is 11.9. The predicted octanol–water partition coefficient (Wildman–Crippen LogP) is 1.99. The third-order valence-corrected chi connectivity index (χ3v) is 3.23. The fourth-order valence-electron chi connectivity index (χ4n) is 1.97. The fraction of sp³-hybridized carbons (Fsp3) is 0.357. The minimum Gasteiger partial charge on any atom is -0.312 e. The van der Waals surface area contributed by atoms with E-state index < -0.39 is 5.54 Å². The van der Waals surface area contributed by atoms with Crippen molar-refractivity contribution in [3.8, 4) is 6.07 Å². The van der Waals surface area contributed by atoms with Gasteiger partial charge in [-0.1, -0.05) is 37.3 Å². The van der Waals surface area contributed by atoms with E-state index >= 15 is 0 Å². The van der Waals surface area contributed by atoms with E-state index in [9.17, 15) is 4.79 Å². The van der Waals surface area contributed by atoms with Gasteiger partial charge in [0.2, 0.25) is 0 Å². The molecular weight excluding hydrogens is 226 g/mol. The molecule has 0 bridgehead atoms. The smallest absolute Gasteiger partial charge is 0.254 e. The minimum absolute atomic E-state index is 0.0238. The molecule has 4 nitrogen and oxygen atoms in total. The Kier molecular flexibility index (Phi) is 3.15. The first kappa shape index (κ1) is 12.3. The molecular formula is C14H15N3O. The highest BCUT2D eigenvalue weighted by atomic mass is 16.2. The van der Waals surface area contributed by atoms with Gasteiger partial charge in [0.25, 0.3) is 5.91 Å². The first-order chi connectivity index (χ1) is 8.57. The minimum atomic E-state index is -0.937. The number of amidine groups is 1. The topological polar surface area (TPSA) is 65.2 Å². The molecule has 4 heteroatoms. The Morgan fingerprint density at radius 2 is 2.11 bits per heavy atom. The van der Waals surface area contributed by atoms with E-state index in [1.54, 1.807) is 6.92 Å². The number of nitrogens with zero attached hydrogens (tertiary/aromatic N) is 2. The van der Waals surface area contributed by atoms with E-state index in [0.717, 1.165) is 5.56 Å². The van der Waals surface area contributed by atoms with Crippen LogP contribution in [0.2, 0.25) is 0 Å². The second-order valence-corrected chi connectivity index (χ2v) is 4.69. The number of nitrogens with one attached hydrogen (secondary N) is 1. The summed E-state index contributed by atoms with van der Waals surface area (Å²) in [4.78, 5) is 16.3. The number of aliphatic imine (C=N–C) groups is 1. The summed E-state index contributed by atoms with van der Waals surface area (Å²) in [6.07, 6.45) is 0.101. The van der Waals surface area contributed by atoms with Crippen molar-refractivity contribution < 1.29 is 4.79 Å². The van der Waals surface area contributed by atoms with Crippen LogP contribution in [-0.2, 0) is 4.79 Å². The molecule has 2 atom stereocenters. The number of hydrogen-bond acceptors (Lipinski definition) is 3. The van der Waals surface area contributed by atoms with Gasteiger partial charge < -0.3 is 5.32 Å². The summed E-state index contributed by atoms with van der Waals surface area (Å²) in [5.41, 5.74) is 0.158. The lowest BCUT2D eigenvalue weighted by molar-refractivity contribution is -0.123. The molecule has 92 valence electrons. The lowest BCUT2D eigenvalue weighted by Crippen LogP contribution is -2.37. The Morgan fingerprint density at radius 1 is 1.44 bits per heavy atom. The summed E-state index contributed by atoms with van der Waals surface area (Å²) in [5.74, 6) is 0.474. The number of carbonyl (C=O) groups excluding carboxylic acids is 1. The highest BCUT2D eigenvalue weighted by molar-refractivity contribution is 6.10. The van der Waals surface area contributed by atoms with E-state index in [2.05, 4.69) is 10.3 Å². The van der Waals surface area contributed by atoms with Crippen LogP contribution in [0.3, 0.4) is 0 Å². The van der Waals surface area contributed by atoms with Gasteiger partial charge in [-0.3, -0.25) is 9.79 Å². The van der Waals surface area contributed by atoms with Crippen molar-refractivity contribution in [3.63, 3.8) is 0 Å². The zero-order valence-electron chi connectivity index (χ0n) is 10.5. The van der Waals surface area contributed by atoms with E-state index in [1.165, 1.54) is 0 Å². The van der Waals surface area contributed by atoms with Crippen LogP contribution in [-0.4, -0.2) is 17.3 Å². The second kappa shape index (κ2) is 4.61. The maximum atomic E-state index is 11.9. The molecule has 0 spiro atoms. The van der Waals surface area contributed by atoms with Crippen LogP contribution in [0, 0.1) is 11.3 Å². The SMILES string of the molecule is CC(C1=NC(C)(CC#N)C(=O)N1)c1ccccc1. The second-order valence-electron chi connectivity index (χ2n) is 4.69. The number of nitriles is 1. The molecule has 1 N–H and O–H groups in total. The zero-order chi connectivity index (χ0) is 13.2. The molecule has 0 fully saturated rings. The summed E-state index contributed by atoms with van der Waals surface area (Å²) in [7, 11) is 0. The van der Waals surface area contributed by atoms with Crippen LogP contribution in [0.1, 0.15) is 31.7 Å². The number of carbonyl (C=O) groups is 1. The average Bonchev–Trinajstić information content (AvgIpc) is 2.66. The summed E-state index contributed by atoms with van der Waals surface area (Å²) in [6.45, 7) is 3.68. The molecule has 0 saturated heterocycles. The Morgan fingerprint density at radius 3 is 2.72 bits per heavy atom. The van der Waals surface area contributed by atoms with Gasteiger partial charge in [-0.25, -0.2) is 0 Å². The van der Waals surface area contributed by atoms with Crippen molar-refractivity contribution in [2.24, 2.45) is 4.99 Å². The molecule has 1 heterocycles. The number of benzene rings is 1. The lowest BCUT2D eigenvalue weighted by atomic mass is 9.99. The quantitative estimate of drug-likeness (QED) is 0.879. The Balaban J connectivity index is 2.26. The number of hydrogen-bond donors (Lipinski definition) is 1. The first-order valence-electron chi connectivity index (χ1n) is 5.90. The van der Waals surface area contributed by atoms with Gasteiger partial charge in [0.05, 0.1) is 12.5 Å². The van der Waals surface area contributed by atoms with E-state index in [1.807, 2.05) is 43.3 Å². The highest BCUT2D eigenvalue weighted by Crippen LogP contribution is 2.25. The maximum absolute atomic E-state index is 11.9. The highest BCUT2D eigenvalue weighted by Gasteiger charge is 2.40. The zero-order valence-corrected chi connectivity index (χ0v) is 10.5. The Bertz CT molecular complexity index is 530. The fourth-order valence-corrected chi connectivity index (χ4v) is 1.97.